The number of hydrogen-bond acceptors (Lipinski definition) is 4. The van der Waals surface area contributed by atoms with Crippen molar-refractivity contribution in [3.8, 4) is 5.75 Å². The predicted octanol–water partition coefficient (Wildman–Crippen LogP) is 3.34. The highest BCUT2D eigenvalue weighted by Crippen LogP contribution is 2.20. The second-order valence-electron chi connectivity index (χ2n) is 4.80. The summed E-state index contributed by atoms with van der Waals surface area (Å²) in [6.45, 7) is 5.79. The van der Waals surface area contributed by atoms with Crippen LogP contribution in [0, 0.1) is 0 Å². The molecule has 0 aliphatic heterocycles. The van der Waals surface area contributed by atoms with Crippen molar-refractivity contribution >= 4 is 16.8 Å². The lowest BCUT2D eigenvalue weighted by atomic mass is 10.1. The van der Waals surface area contributed by atoms with E-state index in [0.29, 0.717) is 23.3 Å². The molecule has 1 aromatic heterocycles. The van der Waals surface area contributed by atoms with Crippen molar-refractivity contribution in [3.05, 3.63) is 51.9 Å². The lowest BCUT2D eigenvalue weighted by molar-refractivity contribution is 0.101. The van der Waals surface area contributed by atoms with E-state index in [-0.39, 0.29) is 11.3 Å². The largest absolute Gasteiger partial charge is 0.489 e. The van der Waals surface area contributed by atoms with E-state index in [1.54, 1.807) is 24.3 Å². The molecule has 0 N–H and O–H groups in total. The maximum Gasteiger partial charge on any atom is 0.347 e. The van der Waals surface area contributed by atoms with Gasteiger partial charge in [0.1, 0.15) is 23.5 Å². The van der Waals surface area contributed by atoms with E-state index in [9.17, 15) is 9.59 Å². The summed E-state index contributed by atoms with van der Waals surface area (Å²) >= 11 is 0. The molecule has 0 atom stereocenters. The van der Waals surface area contributed by atoms with Gasteiger partial charge < -0.3 is 9.15 Å². The summed E-state index contributed by atoms with van der Waals surface area (Å²) in [7, 11) is 0. The molecule has 104 valence electrons. The highest BCUT2D eigenvalue weighted by molar-refractivity contribution is 5.96. The van der Waals surface area contributed by atoms with Crippen molar-refractivity contribution < 1.29 is 13.9 Å². The molecule has 0 bridgehead atoms. The van der Waals surface area contributed by atoms with Gasteiger partial charge in [-0.3, -0.25) is 4.79 Å². The normalized spacial score (nSPS) is 10.3. The Morgan fingerprint density at radius 3 is 2.65 bits per heavy atom. The SMILES string of the molecule is CC(=O)c1cc2ccc(OCC=C(C)C)cc2oc1=O. The summed E-state index contributed by atoms with van der Waals surface area (Å²) in [5, 5.41) is 0.698. The Hall–Kier alpha value is -2.36. The molecular formula is C16H16O4. The topological polar surface area (TPSA) is 56.5 Å². The number of hydrogen-bond donors (Lipinski definition) is 0. The maximum atomic E-state index is 11.7. The third-order valence-corrected chi connectivity index (χ3v) is 2.83. The minimum atomic E-state index is -0.619. The molecule has 0 spiro atoms. The second kappa shape index (κ2) is 5.74. The standard InChI is InChI=1S/C16H16O4/c1-10(2)6-7-19-13-5-4-12-8-14(11(3)17)16(18)20-15(12)9-13/h4-6,8-9H,7H2,1-3H3. The Labute approximate surface area is 116 Å². The summed E-state index contributed by atoms with van der Waals surface area (Å²) < 4.78 is 10.7. The number of Topliss-reactive ketones (excluding diaryl/α,β-unsaturated/α-hetero) is 1. The lowest BCUT2D eigenvalue weighted by Crippen LogP contribution is -2.10. The minimum Gasteiger partial charge on any atom is -0.489 e. The number of ether oxygens (including phenoxy) is 1. The number of carbonyl (C=O) groups excluding carboxylic acids is 1. The van der Waals surface area contributed by atoms with Crippen LogP contribution in [-0.4, -0.2) is 12.4 Å². The van der Waals surface area contributed by atoms with Gasteiger partial charge in [-0.25, -0.2) is 4.79 Å². The Morgan fingerprint density at radius 2 is 2.00 bits per heavy atom. The summed E-state index contributed by atoms with van der Waals surface area (Å²) in [6.07, 6.45) is 1.96. The molecule has 0 aliphatic carbocycles. The number of allylic oxidation sites excluding steroid dienone is 1. The van der Waals surface area contributed by atoms with Gasteiger partial charge in [0.15, 0.2) is 5.78 Å². The zero-order valence-corrected chi connectivity index (χ0v) is 11.7. The molecule has 2 rings (SSSR count). The zero-order chi connectivity index (χ0) is 14.7. The van der Waals surface area contributed by atoms with E-state index in [1.165, 1.54) is 12.5 Å². The number of fused-ring (bicyclic) bond motifs is 1. The fraction of sp³-hybridized carbons (Fsp3) is 0.250. The lowest BCUT2D eigenvalue weighted by Gasteiger charge is -2.05. The van der Waals surface area contributed by atoms with Crippen LogP contribution < -0.4 is 10.4 Å². The van der Waals surface area contributed by atoms with Gasteiger partial charge in [-0.05, 0) is 45.0 Å². The number of benzene rings is 1. The average Bonchev–Trinajstić information content (AvgIpc) is 2.37. The van der Waals surface area contributed by atoms with Gasteiger partial charge in [-0.15, -0.1) is 0 Å². The molecule has 0 saturated carbocycles. The quantitative estimate of drug-likeness (QED) is 0.486. The van der Waals surface area contributed by atoms with Crippen LogP contribution in [0.5, 0.6) is 5.75 Å². The predicted molar refractivity (Wildman–Crippen MR) is 77.4 cm³/mol. The first-order chi connectivity index (χ1) is 9.47. The van der Waals surface area contributed by atoms with Crippen LogP contribution in [-0.2, 0) is 0 Å². The summed E-state index contributed by atoms with van der Waals surface area (Å²) in [5.41, 5.74) is 1.03. The van der Waals surface area contributed by atoms with Crippen LogP contribution >= 0.6 is 0 Å². The highest BCUT2D eigenvalue weighted by Gasteiger charge is 2.09. The first kappa shape index (κ1) is 14.1. The third-order valence-electron chi connectivity index (χ3n) is 2.83. The van der Waals surface area contributed by atoms with Gasteiger partial charge in [-0.1, -0.05) is 5.57 Å². The fourth-order valence-electron chi connectivity index (χ4n) is 1.73. The number of rotatable bonds is 4. The molecule has 0 fully saturated rings. The van der Waals surface area contributed by atoms with Crippen molar-refractivity contribution in [2.75, 3.05) is 6.61 Å². The van der Waals surface area contributed by atoms with E-state index < -0.39 is 5.63 Å². The summed E-state index contributed by atoms with van der Waals surface area (Å²) in [4.78, 5) is 22.9. The van der Waals surface area contributed by atoms with Gasteiger partial charge in [0.2, 0.25) is 0 Å². The Kier molecular flexibility index (Phi) is 4.03. The van der Waals surface area contributed by atoms with Crippen molar-refractivity contribution in [2.24, 2.45) is 0 Å². The zero-order valence-electron chi connectivity index (χ0n) is 11.7. The van der Waals surface area contributed by atoms with E-state index in [1.807, 2.05) is 19.9 Å². The molecule has 4 nitrogen and oxygen atoms in total. The van der Waals surface area contributed by atoms with Crippen molar-refractivity contribution in [1.29, 1.82) is 0 Å². The van der Waals surface area contributed by atoms with Crippen molar-refractivity contribution in [3.63, 3.8) is 0 Å². The van der Waals surface area contributed by atoms with Crippen LogP contribution in [0.1, 0.15) is 31.1 Å². The van der Waals surface area contributed by atoms with Crippen molar-refractivity contribution in [2.45, 2.75) is 20.8 Å². The first-order valence-electron chi connectivity index (χ1n) is 6.32. The van der Waals surface area contributed by atoms with Gasteiger partial charge in [0.25, 0.3) is 0 Å². The molecule has 0 radical (unpaired) electrons. The molecule has 20 heavy (non-hydrogen) atoms. The molecule has 1 aromatic carbocycles. The smallest absolute Gasteiger partial charge is 0.347 e. The maximum absolute atomic E-state index is 11.7. The van der Waals surface area contributed by atoms with E-state index >= 15 is 0 Å². The highest BCUT2D eigenvalue weighted by atomic mass is 16.5. The van der Waals surface area contributed by atoms with E-state index in [4.69, 9.17) is 9.15 Å². The molecule has 0 saturated heterocycles. The molecule has 0 unspecified atom stereocenters. The molecule has 4 heteroatoms. The van der Waals surface area contributed by atoms with Crippen LogP contribution in [0.15, 0.2) is 45.1 Å². The first-order valence-corrected chi connectivity index (χ1v) is 6.32. The molecule has 0 amide bonds. The number of carbonyl (C=O) groups is 1. The van der Waals surface area contributed by atoms with Crippen LogP contribution in [0.2, 0.25) is 0 Å². The number of ketones is 1. The van der Waals surface area contributed by atoms with E-state index in [0.717, 1.165) is 0 Å². The van der Waals surface area contributed by atoms with Crippen LogP contribution in [0.25, 0.3) is 11.0 Å². The average molecular weight is 272 g/mol. The van der Waals surface area contributed by atoms with E-state index in [2.05, 4.69) is 0 Å². The van der Waals surface area contributed by atoms with Crippen molar-refractivity contribution in [1.82, 2.24) is 0 Å². The Bertz CT molecular complexity index is 734. The minimum absolute atomic E-state index is 0.0655. The summed E-state index contributed by atoms with van der Waals surface area (Å²) in [6, 6.07) is 6.75. The molecule has 2 aromatic rings. The van der Waals surface area contributed by atoms with Gasteiger partial charge in [-0.2, -0.15) is 0 Å². The monoisotopic (exact) mass is 272 g/mol. The molecule has 0 aliphatic rings. The van der Waals surface area contributed by atoms with Gasteiger partial charge >= 0.3 is 5.63 Å². The Balaban J connectivity index is 2.35. The van der Waals surface area contributed by atoms with Crippen LogP contribution in [0.4, 0.5) is 0 Å². The second-order valence-corrected chi connectivity index (χ2v) is 4.80. The third kappa shape index (κ3) is 3.15. The molecular weight excluding hydrogens is 256 g/mol. The van der Waals surface area contributed by atoms with Gasteiger partial charge in [0, 0.05) is 11.5 Å². The van der Waals surface area contributed by atoms with Crippen LogP contribution in [0.3, 0.4) is 0 Å². The Morgan fingerprint density at radius 1 is 1.25 bits per heavy atom. The molecule has 1 heterocycles. The van der Waals surface area contributed by atoms with Gasteiger partial charge in [0.05, 0.1) is 0 Å². The summed E-state index contributed by atoms with van der Waals surface area (Å²) in [5.74, 6) is 0.318. The fourth-order valence-corrected chi connectivity index (χ4v) is 1.73.